The van der Waals surface area contributed by atoms with Crippen molar-refractivity contribution < 1.29 is 4.79 Å². The third kappa shape index (κ3) is 3.11. The van der Waals surface area contributed by atoms with E-state index in [0.717, 1.165) is 18.7 Å². The largest absolute Gasteiger partial charge is 0.313 e. The fraction of sp³-hybridized carbons (Fsp3) is 0.273. The summed E-state index contributed by atoms with van der Waals surface area (Å²) in [5.41, 5.74) is 1.69. The Hall–Kier alpha value is -2.28. The van der Waals surface area contributed by atoms with E-state index in [2.05, 4.69) is 31.3 Å². The van der Waals surface area contributed by atoms with Crippen molar-refractivity contribution in [1.82, 2.24) is 25.9 Å². The van der Waals surface area contributed by atoms with Gasteiger partial charge in [-0.3, -0.25) is 10.1 Å². The number of rotatable bonds is 5. The number of amides is 1. The molecule has 0 aliphatic carbocycles. The van der Waals surface area contributed by atoms with Crippen molar-refractivity contribution in [2.24, 2.45) is 0 Å². The Labute approximate surface area is 104 Å². The van der Waals surface area contributed by atoms with E-state index < -0.39 is 0 Å². The molecule has 1 aromatic heterocycles. The van der Waals surface area contributed by atoms with Gasteiger partial charge in [-0.25, -0.2) is 0 Å². The van der Waals surface area contributed by atoms with Gasteiger partial charge in [-0.1, -0.05) is 24.2 Å². The Morgan fingerprint density at radius 3 is 2.72 bits per heavy atom. The van der Waals surface area contributed by atoms with Crippen molar-refractivity contribution in [1.29, 1.82) is 0 Å². The minimum absolute atomic E-state index is 0.164. The summed E-state index contributed by atoms with van der Waals surface area (Å²) in [6.07, 6.45) is 0. The molecule has 2 aromatic rings. The molecule has 1 amide bonds. The highest BCUT2D eigenvalue weighted by atomic mass is 16.1. The van der Waals surface area contributed by atoms with Gasteiger partial charge >= 0.3 is 0 Å². The zero-order chi connectivity index (χ0) is 12.8. The van der Waals surface area contributed by atoms with E-state index in [1.165, 1.54) is 0 Å². The smallest absolute Gasteiger partial charge is 0.270 e. The molecule has 0 saturated heterocycles. The van der Waals surface area contributed by atoms with Crippen LogP contribution in [0.5, 0.6) is 0 Å². The quantitative estimate of drug-likeness (QED) is 0.716. The van der Waals surface area contributed by atoms with Crippen molar-refractivity contribution in [2.45, 2.75) is 13.5 Å². The molecule has 0 spiro atoms. The van der Waals surface area contributed by atoms with Crippen LogP contribution in [0.3, 0.4) is 0 Å². The number of anilines is 1. The predicted octanol–water partition coefficient (Wildman–Crippen LogP) is 0.561. The average molecular weight is 246 g/mol. The summed E-state index contributed by atoms with van der Waals surface area (Å²) in [5.74, 6) is -0.0943. The molecule has 7 heteroatoms. The van der Waals surface area contributed by atoms with Gasteiger partial charge < -0.3 is 5.32 Å². The lowest BCUT2D eigenvalue weighted by molar-refractivity contribution is 0.102. The van der Waals surface area contributed by atoms with Crippen LogP contribution in [0.15, 0.2) is 24.3 Å². The van der Waals surface area contributed by atoms with Gasteiger partial charge in [-0.2, -0.15) is 5.21 Å². The van der Waals surface area contributed by atoms with E-state index in [9.17, 15) is 4.79 Å². The van der Waals surface area contributed by atoms with Crippen LogP contribution in [0.2, 0.25) is 0 Å². The topological polar surface area (TPSA) is 95.6 Å². The fourth-order valence-corrected chi connectivity index (χ4v) is 1.43. The molecule has 1 heterocycles. The number of carbonyl (C=O) groups is 1. The van der Waals surface area contributed by atoms with E-state index in [4.69, 9.17) is 0 Å². The van der Waals surface area contributed by atoms with Gasteiger partial charge in [0.2, 0.25) is 0 Å². The third-order valence-corrected chi connectivity index (χ3v) is 2.37. The molecule has 0 aliphatic heterocycles. The Kier molecular flexibility index (Phi) is 3.98. The van der Waals surface area contributed by atoms with Gasteiger partial charge in [0, 0.05) is 12.1 Å². The lowest BCUT2D eigenvalue weighted by Gasteiger charge is -2.04. The maximum absolute atomic E-state index is 11.8. The molecule has 0 atom stereocenters. The molecule has 7 nitrogen and oxygen atoms in total. The highest BCUT2D eigenvalue weighted by Gasteiger charge is 2.08. The zero-order valence-corrected chi connectivity index (χ0v) is 9.97. The Bertz CT molecular complexity index is 493. The number of aromatic nitrogens is 4. The lowest BCUT2D eigenvalue weighted by Crippen LogP contribution is -2.14. The van der Waals surface area contributed by atoms with Crippen LogP contribution in [0.1, 0.15) is 22.8 Å². The summed E-state index contributed by atoms with van der Waals surface area (Å²) >= 11 is 0. The highest BCUT2D eigenvalue weighted by Crippen LogP contribution is 2.06. The van der Waals surface area contributed by atoms with E-state index in [1.54, 1.807) is 12.1 Å². The van der Waals surface area contributed by atoms with Gasteiger partial charge in [-0.15, -0.1) is 5.10 Å². The first-order valence-electron chi connectivity index (χ1n) is 5.64. The summed E-state index contributed by atoms with van der Waals surface area (Å²) < 4.78 is 0. The van der Waals surface area contributed by atoms with Gasteiger partial charge in [0.05, 0.1) is 0 Å². The minimum atomic E-state index is -0.258. The number of hydrogen-bond donors (Lipinski definition) is 3. The number of benzene rings is 1. The summed E-state index contributed by atoms with van der Waals surface area (Å²) in [7, 11) is 0. The Morgan fingerprint density at radius 1 is 1.33 bits per heavy atom. The van der Waals surface area contributed by atoms with E-state index in [-0.39, 0.29) is 11.9 Å². The number of carbonyl (C=O) groups excluding carboxylic acids is 1. The van der Waals surface area contributed by atoms with Crippen molar-refractivity contribution in [3.63, 3.8) is 0 Å². The molecule has 3 N–H and O–H groups in total. The molecular weight excluding hydrogens is 232 g/mol. The van der Waals surface area contributed by atoms with Crippen LogP contribution in [0, 0.1) is 0 Å². The summed E-state index contributed by atoms with van der Waals surface area (Å²) in [5, 5.41) is 18.7. The summed E-state index contributed by atoms with van der Waals surface area (Å²) in [6, 6.07) is 7.35. The molecule has 0 bridgehead atoms. The van der Waals surface area contributed by atoms with Gasteiger partial charge in [0.1, 0.15) is 0 Å². The monoisotopic (exact) mass is 246 g/mol. The minimum Gasteiger partial charge on any atom is -0.313 e. The number of nitrogens with one attached hydrogen (secondary N) is 3. The molecular formula is C11H14N6O. The summed E-state index contributed by atoms with van der Waals surface area (Å²) in [4.78, 5) is 11.8. The number of hydrogen-bond acceptors (Lipinski definition) is 5. The van der Waals surface area contributed by atoms with Crippen LogP contribution < -0.4 is 10.6 Å². The Morgan fingerprint density at radius 2 is 2.11 bits per heavy atom. The van der Waals surface area contributed by atoms with Crippen LogP contribution in [-0.4, -0.2) is 33.1 Å². The first-order chi connectivity index (χ1) is 8.79. The van der Waals surface area contributed by atoms with Crippen LogP contribution in [-0.2, 0) is 6.54 Å². The molecule has 0 radical (unpaired) electrons. The molecule has 2 rings (SSSR count). The van der Waals surface area contributed by atoms with Crippen LogP contribution in [0.4, 0.5) is 5.95 Å². The van der Waals surface area contributed by atoms with Gasteiger partial charge in [-0.05, 0) is 29.5 Å². The van der Waals surface area contributed by atoms with Gasteiger partial charge in [0.15, 0.2) is 0 Å². The zero-order valence-electron chi connectivity index (χ0n) is 9.97. The summed E-state index contributed by atoms with van der Waals surface area (Å²) in [6.45, 7) is 3.76. The van der Waals surface area contributed by atoms with Crippen molar-refractivity contribution >= 4 is 11.9 Å². The van der Waals surface area contributed by atoms with Crippen LogP contribution in [0.25, 0.3) is 0 Å². The van der Waals surface area contributed by atoms with Crippen molar-refractivity contribution in [2.75, 3.05) is 11.9 Å². The second kappa shape index (κ2) is 5.87. The van der Waals surface area contributed by atoms with Crippen molar-refractivity contribution in [3.8, 4) is 0 Å². The van der Waals surface area contributed by atoms with Gasteiger partial charge in [0.25, 0.3) is 11.9 Å². The first kappa shape index (κ1) is 12.2. The first-order valence-corrected chi connectivity index (χ1v) is 5.64. The highest BCUT2D eigenvalue weighted by molar-refractivity contribution is 6.03. The van der Waals surface area contributed by atoms with E-state index in [1.807, 2.05) is 19.1 Å². The Balaban J connectivity index is 1.98. The standard InChI is InChI=1S/C11H14N6O/c1-2-12-7-8-3-5-9(6-4-8)10(18)13-11-14-16-17-15-11/h3-6,12H,2,7H2,1H3,(H2,13,14,15,16,17,18). The molecule has 0 aliphatic rings. The number of nitrogens with zero attached hydrogens (tertiary/aromatic N) is 3. The number of aromatic amines is 1. The van der Waals surface area contributed by atoms with E-state index in [0.29, 0.717) is 5.56 Å². The predicted molar refractivity (Wildman–Crippen MR) is 66.0 cm³/mol. The molecule has 0 fully saturated rings. The molecule has 1 aromatic carbocycles. The number of tetrazole rings is 1. The average Bonchev–Trinajstić information content (AvgIpc) is 2.89. The molecule has 0 saturated carbocycles. The second-order valence-corrected chi connectivity index (χ2v) is 3.67. The molecule has 18 heavy (non-hydrogen) atoms. The third-order valence-electron chi connectivity index (χ3n) is 2.37. The fourth-order valence-electron chi connectivity index (χ4n) is 1.43. The maximum atomic E-state index is 11.8. The normalized spacial score (nSPS) is 10.3. The van der Waals surface area contributed by atoms with Crippen molar-refractivity contribution in [3.05, 3.63) is 35.4 Å². The SMILES string of the molecule is CCNCc1ccc(C(=O)Nc2nn[nH]n2)cc1. The van der Waals surface area contributed by atoms with Crippen LogP contribution >= 0.6 is 0 Å². The number of H-pyrrole nitrogens is 1. The molecule has 94 valence electrons. The second-order valence-electron chi connectivity index (χ2n) is 3.67. The molecule has 0 unspecified atom stereocenters. The lowest BCUT2D eigenvalue weighted by atomic mass is 10.1. The maximum Gasteiger partial charge on any atom is 0.270 e. The van der Waals surface area contributed by atoms with E-state index >= 15 is 0 Å².